The second-order valence-electron chi connectivity index (χ2n) is 8.67. The highest BCUT2D eigenvalue weighted by Crippen LogP contribution is 2.45. The Hall–Kier alpha value is -2.45. The van der Waals surface area contributed by atoms with Crippen LogP contribution in [0.1, 0.15) is 33.4 Å². The van der Waals surface area contributed by atoms with Crippen LogP contribution in [0.4, 0.5) is 0 Å². The van der Waals surface area contributed by atoms with Crippen LogP contribution in [0.5, 0.6) is 0 Å². The predicted octanol–water partition coefficient (Wildman–Crippen LogP) is 3.81. The molecule has 0 saturated carbocycles. The van der Waals surface area contributed by atoms with Crippen LogP contribution in [0.15, 0.2) is 54.6 Å². The Kier molecular flexibility index (Phi) is 6.19. The van der Waals surface area contributed by atoms with Gasteiger partial charge < -0.3 is 4.74 Å². The van der Waals surface area contributed by atoms with Crippen LogP contribution in [0, 0.1) is 0 Å². The molecule has 1 aliphatic rings. The van der Waals surface area contributed by atoms with Crippen molar-refractivity contribution in [1.29, 1.82) is 0 Å². The van der Waals surface area contributed by atoms with Crippen LogP contribution in [0.25, 0.3) is 0 Å². The number of amides is 1. The van der Waals surface area contributed by atoms with Gasteiger partial charge in [0.1, 0.15) is 5.92 Å². The van der Waals surface area contributed by atoms with Gasteiger partial charge in [-0.05, 0) is 23.2 Å². The molecule has 0 bridgehead atoms. The maximum absolute atomic E-state index is 13.5. The molecule has 0 unspecified atom stereocenters. The lowest BCUT2D eigenvalue weighted by atomic mass is 9.81. The number of hydrogen-bond donors (Lipinski definition) is 0. The Morgan fingerprint density at radius 3 is 2.23 bits per heavy atom. The first kappa shape index (κ1) is 22.2. The summed E-state index contributed by atoms with van der Waals surface area (Å²) in [5, 5.41) is 0. The number of nitrogens with zero attached hydrogens (tertiary/aromatic N) is 1. The molecule has 2 atom stereocenters. The number of benzene rings is 2. The van der Waals surface area contributed by atoms with Gasteiger partial charge in [-0.3, -0.25) is 9.59 Å². The Morgan fingerprint density at radius 2 is 1.63 bits per heavy atom. The summed E-state index contributed by atoms with van der Waals surface area (Å²) in [7, 11) is -4.38. The largest absolute Gasteiger partial charge is 0.468 e. The van der Waals surface area contributed by atoms with Gasteiger partial charge in [-0.25, -0.2) is 12.7 Å². The van der Waals surface area contributed by atoms with Crippen molar-refractivity contribution in [2.45, 2.75) is 37.6 Å². The lowest BCUT2D eigenvalue weighted by Crippen LogP contribution is -2.49. The molecule has 0 spiro atoms. The number of methoxy groups -OCH3 is 1. The van der Waals surface area contributed by atoms with E-state index in [-0.39, 0.29) is 11.3 Å². The smallest absolute Gasteiger partial charge is 0.315 e. The lowest BCUT2D eigenvalue weighted by molar-refractivity contribution is -0.143. The van der Waals surface area contributed by atoms with Gasteiger partial charge in [-0.2, -0.15) is 0 Å². The van der Waals surface area contributed by atoms with E-state index in [1.165, 1.54) is 7.11 Å². The number of carbonyl (C=O) groups excluding carboxylic acids is 2. The van der Waals surface area contributed by atoms with Crippen LogP contribution in [0.2, 0.25) is 25.7 Å². The average Bonchev–Trinajstić information content (AvgIpc) is 2.71. The van der Waals surface area contributed by atoms with E-state index in [4.69, 9.17) is 4.74 Å². The fraction of sp³-hybridized carbons (Fsp3) is 0.364. The molecule has 1 aliphatic heterocycles. The zero-order valence-electron chi connectivity index (χ0n) is 17.7. The molecule has 0 N–H and O–H groups in total. The molecule has 1 amide bonds. The minimum atomic E-state index is -3.97. The van der Waals surface area contributed by atoms with Crippen molar-refractivity contribution in [3.8, 4) is 0 Å². The molecule has 8 heteroatoms. The van der Waals surface area contributed by atoms with Crippen molar-refractivity contribution in [3.63, 3.8) is 0 Å². The number of fused-ring (bicyclic) bond motifs is 1. The number of hydrogen-bond acceptors (Lipinski definition) is 5. The maximum Gasteiger partial charge on any atom is 0.315 e. The Labute approximate surface area is 178 Å². The van der Waals surface area contributed by atoms with E-state index in [0.29, 0.717) is 17.2 Å². The van der Waals surface area contributed by atoms with Crippen LogP contribution < -0.4 is 0 Å². The monoisotopic (exact) mass is 445 g/mol. The number of carbonyl (C=O) groups is 2. The van der Waals surface area contributed by atoms with Crippen molar-refractivity contribution in [2.75, 3.05) is 12.9 Å². The SMILES string of the molecule is COC(=O)[C@@H]1c2ccccc2C(=O)N(S(=O)(=O)CC[Si](C)(C)C)[C@H]1c1ccccc1. The Bertz CT molecular complexity index is 1050. The molecule has 3 rings (SSSR count). The summed E-state index contributed by atoms with van der Waals surface area (Å²) in [6.07, 6.45) is 0. The summed E-state index contributed by atoms with van der Waals surface area (Å²) in [5.74, 6) is -2.24. The summed E-state index contributed by atoms with van der Waals surface area (Å²) < 4.78 is 32.9. The predicted molar refractivity (Wildman–Crippen MR) is 118 cm³/mol. The van der Waals surface area contributed by atoms with E-state index in [1.807, 2.05) is 0 Å². The molecule has 1 heterocycles. The maximum atomic E-state index is 13.5. The third kappa shape index (κ3) is 4.34. The van der Waals surface area contributed by atoms with Crippen molar-refractivity contribution < 1.29 is 22.7 Å². The molecule has 160 valence electrons. The van der Waals surface area contributed by atoms with E-state index < -0.39 is 41.9 Å². The first-order valence-electron chi connectivity index (χ1n) is 9.85. The van der Waals surface area contributed by atoms with Crippen molar-refractivity contribution in [3.05, 3.63) is 71.3 Å². The van der Waals surface area contributed by atoms with E-state index in [9.17, 15) is 18.0 Å². The average molecular weight is 446 g/mol. The standard InChI is InChI=1S/C22H27NO5SSi/c1-28-22(25)19-17-12-8-9-13-18(17)21(24)23(20(19)16-10-6-5-7-11-16)29(26,27)14-15-30(2,3)4/h5-13,19-20H,14-15H2,1-4H3/t19-,20+/m1/s1. The van der Waals surface area contributed by atoms with Crippen LogP contribution in [-0.2, 0) is 19.6 Å². The molecular formula is C22H27NO5SSi. The summed E-state index contributed by atoms with van der Waals surface area (Å²) >= 11 is 0. The third-order valence-corrected chi connectivity index (χ3v) is 9.13. The quantitative estimate of drug-likeness (QED) is 0.499. The highest BCUT2D eigenvalue weighted by atomic mass is 32.2. The molecule has 0 radical (unpaired) electrons. The van der Waals surface area contributed by atoms with E-state index >= 15 is 0 Å². The van der Waals surface area contributed by atoms with Gasteiger partial charge >= 0.3 is 5.97 Å². The molecule has 0 aliphatic carbocycles. The normalized spacial score (nSPS) is 19.3. The summed E-state index contributed by atoms with van der Waals surface area (Å²) in [6, 6.07) is 15.0. The zero-order valence-corrected chi connectivity index (χ0v) is 19.5. The van der Waals surface area contributed by atoms with Gasteiger partial charge in [-0.1, -0.05) is 68.2 Å². The molecule has 0 fully saturated rings. The highest BCUT2D eigenvalue weighted by Gasteiger charge is 2.49. The molecule has 0 saturated heterocycles. The van der Waals surface area contributed by atoms with Gasteiger partial charge in [0.2, 0.25) is 10.0 Å². The van der Waals surface area contributed by atoms with Crippen molar-refractivity contribution in [1.82, 2.24) is 4.31 Å². The first-order valence-corrected chi connectivity index (χ1v) is 15.2. The summed E-state index contributed by atoms with van der Waals surface area (Å²) in [4.78, 5) is 26.3. The van der Waals surface area contributed by atoms with Gasteiger partial charge in [0.15, 0.2) is 0 Å². The zero-order chi connectivity index (χ0) is 22.1. The first-order chi connectivity index (χ1) is 14.1. The van der Waals surface area contributed by atoms with Crippen LogP contribution in [0.3, 0.4) is 0 Å². The molecule has 6 nitrogen and oxygen atoms in total. The fourth-order valence-electron chi connectivity index (χ4n) is 3.71. The van der Waals surface area contributed by atoms with E-state index in [1.54, 1.807) is 54.6 Å². The van der Waals surface area contributed by atoms with Crippen LogP contribution >= 0.6 is 0 Å². The fourth-order valence-corrected chi connectivity index (χ4v) is 8.33. The second-order valence-corrected chi connectivity index (χ2v) is 16.3. The molecule has 0 aromatic heterocycles. The van der Waals surface area contributed by atoms with E-state index in [0.717, 1.165) is 4.31 Å². The van der Waals surface area contributed by atoms with E-state index in [2.05, 4.69) is 19.6 Å². The second kappa shape index (κ2) is 8.35. The van der Waals surface area contributed by atoms with Crippen molar-refractivity contribution in [2.24, 2.45) is 0 Å². The number of ether oxygens (including phenoxy) is 1. The minimum Gasteiger partial charge on any atom is -0.468 e. The minimum absolute atomic E-state index is 0.131. The molecule has 30 heavy (non-hydrogen) atoms. The number of esters is 1. The molecule has 2 aromatic carbocycles. The van der Waals surface area contributed by atoms with Crippen molar-refractivity contribution >= 4 is 30.0 Å². The summed E-state index contributed by atoms with van der Waals surface area (Å²) in [6.45, 7) is 6.26. The molecule has 2 aromatic rings. The lowest BCUT2D eigenvalue weighted by Gasteiger charge is -2.40. The third-order valence-electron chi connectivity index (χ3n) is 5.30. The Balaban J connectivity index is 2.22. The van der Waals surface area contributed by atoms with Gasteiger partial charge in [0.25, 0.3) is 5.91 Å². The number of rotatable bonds is 6. The van der Waals surface area contributed by atoms with Gasteiger partial charge in [-0.15, -0.1) is 0 Å². The van der Waals surface area contributed by atoms with Gasteiger partial charge in [0, 0.05) is 13.6 Å². The highest BCUT2D eigenvalue weighted by molar-refractivity contribution is 7.89. The number of sulfonamides is 1. The van der Waals surface area contributed by atoms with Gasteiger partial charge in [0.05, 0.1) is 18.9 Å². The molecular weight excluding hydrogens is 418 g/mol. The van der Waals surface area contributed by atoms with Crippen LogP contribution in [-0.4, -0.2) is 45.5 Å². The Morgan fingerprint density at radius 1 is 1.03 bits per heavy atom. The topological polar surface area (TPSA) is 80.8 Å². The summed E-state index contributed by atoms with van der Waals surface area (Å²) in [5.41, 5.74) is 1.28.